The van der Waals surface area contributed by atoms with E-state index in [2.05, 4.69) is 4.99 Å². The van der Waals surface area contributed by atoms with Gasteiger partial charge in [-0.2, -0.15) is 0 Å². The second-order valence-electron chi connectivity index (χ2n) is 6.20. The number of fused-ring (bicyclic) bond motifs is 1. The molecule has 4 rings (SSSR count). The van der Waals surface area contributed by atoms with Gasteiger partial charge in [0.25, 0.3) is 5.56 Å². The molecular weight excluding hydrogens is 381 g/mol. The molecule has 0 saturated heterocycles. The smallest absolute Gasteiger partial charge is 0.271 e. The van der Waals surface area contributed by atoms with E-state index in [4.69, 9.17) is 9.47 Å². The number of hydrogen-bond acceptors (Lipinski definition) is 6. The summed E-state index contributed by atoms with van der Waals surface area (Å²) in [6, 6.07) is 11.8. The van der Waals surface area contributed by atoms with Crippen LogP contribution in [-0.4, -0.2) is 25.5 Å². The van der Waals surface area contributed by atoms with Gasteiger partial charge in [-0.05, 0) is 42.0 Å². The molecular formula is C20H18FN3O3S. The van der Waals surface area contributed by atoms with E-state index in [1.807, 2.05) is 23.1 Å². The fraction of sp³-hybridized carbons (Fsp3) is 0.200. The standard InChI is InChI=1S/C20H18FN3O3S/c1-26-16-7-6-13(8-17(16)27-2)9-18-19(25)24-12-23(11-22-20(24)28-18)15-5-3-4-14(21)10-15/h3-10H,11-12H2,1-2H3/b18-9+. The van der Waals surface area contributed by atoms with Gasteiger partial charge in [-0.3, -0.25) is 9.36 Å². The third kappa shape index (κ3) is 3.38. The maximum Gasteiger partial charge on any atom is 0.271 e. The van der Waals surface area contributed by atoms with Gasteiger partial charge in [0.05, 0.1) is 18.8 Å². The molecule has 0 bridgehead atoms. The average Bonchev–Trinajstić information content (AvgIpc) is 3.02. The summed E-state index contributed by atoms with van der Waals surface area (Å²) in [6.45, 7) is 0.705. The Morgan fingerprint density at radius 1 is 1.14 bits per heavy atom. The number of nitrogens with zero attached hydrogens (tertiary/aromatic N) is 3. The van der Waals surface area contributed by atoms with Crippen molar-refractivity contribution in [2.75, 3.05) is 25.8 Å². The number of hydrogen-bond donors (Lipinski definition) is 0. The van der Waals surface area contributed by atoms with Gasteiger partial charge in [-0.15, -0.1) is 0 Å². The molecule has 0 saturated carbocycles. The van der Waals surface area contributed by atoms with Crippen molar-refractivity contribution < 1.29 is 13.9 Å². The quantitative estimate of drug-likeness (QED) is 0.673. The molecule has 0 atom stereocenters. The molecule has 8 heteroatoms. The van der Waals surface area contributed by atoms with Gasteiger partial charge in [0.2, 0.25) is 0 Å². The molecule has 144 valence electrons. The third-order valence-corrected chi connectivity index (χ3v) is 5.50. The first kappa shape index (κ1) is 18.2. The van der Waals surface area contributed by atoms with Gasteiger partial charge < -0.3 is 14.4 Å². The summed E-state index contributed by atoms with van der Waals surface area (Å²) in [5.74, 6) is 0.908. The Hall–Kier alpha value is -3.13. The summed E-state index contributed by atoms with van der Waals surface area (Å²) in [5.41, 5.74) is 1.40. The zero-order valence-electron chi connectivity index (χ0n) is 15.4. The normalized spacial score (nSPS) is 13.8. The highest BCUT2D eigenvalue weighted by atomic mass is 32.1. The van der Waals surface area contributed by atoms with Gasteiger partial charge in [0.1, 0.15) is 19.2 Å². The van der Waals surface area contributed by atoms with Crippen LogP contribution in [0.3, 0.4) is 0 Å². The van der Waals surface area contributed by atoms with Crippen LogP contribution in [0.5, 0.6) is 11.5 Å². The van der Waals surface area contributed by atoms with Gasteiger partial charge >= 0.3 is 0 Å². The van der Waals surface area contributed by atoms with E-state index < -0.39 is 0 Å². The summed E-state index contributed by atoms with van der Waals surface area (Å²) < 4.78 is 26.3. The van der Waals surface area contributed by atoms with Crippen LogP contribution < -0.4 is 29.3 Å². The van der Waals surface area contributed by atoms with Crippen LogP contribution in [0.1, 0.15) is 5.56 Å². The number of anilines is 1. The molecule has 0 amide bonds. The first-order chi connectivity index (χ1) is 13.6. The number of ether oxygens (including phenoxy) is 2. The summed E-state index contributed by atoms with van der Waals surface area (Å²) >= 11 is 1.34. The highest BCUT2D eigenvalue weighted by Gasteiger charge is 2.16. The zero-order valence-corrected chi connectivity index (χ0v) is 16.2. The molecule has 1 aliphatic rings. The van der Waals surface area contributed by atoms with Crippen molar-refractivity contribution >= 4 is 23.1 Å². The molecule has 1 aromatic heterocycles. The fourth-order valence-electron chi connectivity index (χ4n) is 3.04. The topological polar surface area (TPSA) is 56.1 Å². The van der Waals surface area contributed by atoms with Gasteiger partial charge in [-0.1, -0.05) is 23.5 Å². The van der Waals surface area contributed by atoms with Crippen molar-refractivity contribution in [2.24, 2.45) is 4.99 Å². The predicted octanol–water partition coefficient (Wildman–Crippen LogP) is 1.95. The van der Waals surface area contributed by atoms with Crippen molar-refractivity contribution in [1.29, 1.82) is 0 Å². The SMILES string of the molecule is COc1ccc(/C=c2/sc3n(c2=O)CN(c2cccc(F)c2)CN=3)cc1OC. The van der Waals surface area contributed by atoms with Crippen LogP contribution in [0.25, 0.3) is 6.08 Å². The van der Waals surface area contributed by atoms with Crippen LogP contribution in [0, 0.1) is 5.82 Å². The lowest BCUT2D eigenvalue weighted by atomic mass is 10.2. The molecule has 0 radical (unpaired) electrons. The molecule has 3 aromatic rings. The summed E-state index contributed by atoms with van der Waals surface area (Å²) in [5, 5.41) is 0. The maximum absolute atomic E-state index is 13.5. The number of aromatic nitrogens is 1. The van der Waals surface area contributed by atoms with Crippen molar-refractivity contribution in [2.45, 2.75) is 6.67 Å². The average molecular weight is 399 g/mol. The minimum atomic E-state index is -0.316. The molecule has 2 aromatic carbocycles. The van der Waals surface area contributed by atoms with Crippen LogP contribution in [0.2, 0.25) is 0 Å². The van der Waals surface area contributed by atoms with E-state index in [0.29, 0.717) is 39.9 Å². The second kappa shape index (κ2) is 7.47. The number of benzene rings is 2. The lowest BCUT2D eigenvalue weighted by Crippen LogP contribution is -2.42. The molecule has 1 aliphatic heterocycles. The highest BCUT2D eigenvalue weighted by Crippen LogP contribution is 2.27. The van der Waals surface area contributed by atoms with Crippen LogP contribution in [0.15, 0.2) is 52.3 Å². The molecule has 0 N–H and O–H groups in total. The number of methoxy groups -OCH3 is 2. The third-order valence-electron chi connectivity index (χ3n) is 4.46. The van der Waals surface area contributed by atoms with Crippen molar-refractivity contribution in [3.63, 3.8) is 0 Å². The fourth-order valence-corrected chi connectivity index (χ4v) is 4.00. The Morgan fingerprint density at radius 2 is 1.96 bits per heavy atom. The Kier molecular flexibility index (Phi) is 4.87. The molecule has 2 heterocycles. The first-order valence-electron chi connectivity index (χ1n) is 8.57. The molecule has 28 heavy (non-hydrogen) atoms. The summed E-state index contributed by atoms with van der Waals surface area (Å²) in [6.07, 6.45) is 1.81. The minimum Gasteiger partial charge on any atom is -0.493 e. The summed E-state index contributed by atoms with van der Waals surface area (Å²) in [7, 11) is 3.15. The van der Waals surface area contributed by atoms with E-state index >= 15 is 0 Å². The summed E-state index contributed by atoms with van der Waals surface area (Å²) in [4.78, 5) is 19.9. The van der Waals surface area contributed by atoms with Crippen molar-refractivity contribution in [1.82, 2.24) is 4.57 Å². The monoisotopic (exact) mass is 399 g/mol. The molecule has 6 nitrogen and oxygen atoms in total. The lowest BCUT2D eigenvalue weighted by Gasteiger charge is -2.25. The second-order valence-corrected chi connectivity index (χ2v) is 7.21. The van der Waals surface area contributed by atoms with Crippen LogP contribution in [-0.2, 0) is 6.67 Å². The largest absolute Gasteiger partial charge is 0.493 e. The number of rotatable bonds is 4. The molecule has 0 fully saturated rings. The van der Waals surface area contributed by atoms with E-state index in [9.17, 15) is 9.18 Å². The first-order valence-corrected chi connectivity index (χ1v) is 9.39. The Bertz CT molecular complexity index is 1200. The zero-order chi connectivity index (χ0) is 19.7. The van der Waals surface area contributed by atoms with Crippen molar-refractivity contribution in [3.05, 3.63) is 73.5 Å². The molecule has 0 aliphatic carbocycles. The number of halogens is 1. The van der Waals surface area contributed by atoms with Crippen LogP contribution >= 0.6 is 11.3 Å². The molecule has 0 spiro atoms. The number of thiazole rings is 1. The Labute approximate surface area is 164 Å². The van der Waals surface area contributed by atoms with Crippen LogP contribution in [0.4, 0.5) is 10.1 Å². The van der Waals surface area contributed by atoms with Crippen molar-refractivity contribution in [3.8, 4) is 11.5 Å². The van der Waals surface area contributed by atoms with E-state index in [-0.39, 0.29) is 11.4 Å². The maximum atomic E-state index is 13.5. The lowest BCUT2D eigenvalue weighted by molar-refractivity contribution is 0.355. The van der Waals surface area contributed by atoms with E-state index in [0.717, 1.165) is 5.56 Å². The Balaban J connectivity index is 1.70. The minimum absolute atomic E-state index is 0.125. The molecule has 0 unspecified atom stereocenters. The van der Waals surface area contributed by atoms with Gasteiger partial charge in [0.15, 0.2) is 16.3 Å². The van der Waals surface area contributed by atoms with E-state index in [1.54, 1.807) is 37.0 Å². The van der Waals surface area contributed by atoms with E-state index in [1.165, 1.54) is 23.5 Å². The van der Waals surface area contributed by atoms with Gasteiger partial charge in [0, 0.05) is 5.69 Å². The van der Waals surface area contributed by atoms with Gasteiger partial charge in [-0.25, -0.2) is 9.38 Å². The predicted molar refractivity (Wildman–Crippen MR) is 106 cm³/mol. The Morgan fingerprint density at radius 3 is 2.71 bits per heavy atom. The highest BCUT2D eigenvalue weighted by molar-refractivity contribution is 7.07.